The molecule has 1 aromatic carbocycles. The summed E-state index contributed by atoms with van der Waals surface area (Å²) in [6, 6.07) is 7.62. The minimum absolute atomic E-state index is 0.377. The summed E-state index contributed by atoms with van der Waals surface area (Å²) in [6.45, 7) is 0. The largest absolute Gasteiger partial charge is 0.192 e. The van der Waals surface area contributed by atoms with E-state index in [0.717, 1.165) is 10.0 Å². The highest BCUT2D eigenvalue weighted by Gasteiger charge is 2.03. The Hall–Kier alpha value is -0.520. The minimum Gasteiger partial charge on any atom is -0.192 e. The maximum absolute atomic E-state index is 8.69. The first-order valence-corrected chi connectivity index (χ1v) is 4.35. The third kappa shape index (κ3) is 1.74. The van der Waals surface area contributed by atoms with Gasteiger partial charge >= 0.3 is 0 Å². The highest BCUT2D eigenvalue weighted by Crippen LogP contribution is 2.20. The van der Waals surface area contributed by atoms with E-state index in [9.17, 15) is 0 Å². The van der Waals surface area contributed by atoms with E-state index in [1.807, 2.05) is 18.2 Å². The molecule has 0 amide bonds. The number of rotatable bonds is 1. The third-order valence-electron chi connectivity index (χ3n) is 1.36. The fraction of sp³-hybridized carbons (Fsp3) is 0.125. The average molecular weight is 230 g/mol. The van der Waals surface area contributed by atoms with Crippen LogP contribution >= 0.6 is 27.5 Å². The fourth-order valence-corrected chi connectivity index (χ4v) is 1.52. The first-order chi connectivity index (χ1) is 5.29. The number of halogens is 2. The molecule has 0 saturated carbocycles. The second-order valence-corrected chi connectivity index (χ2v) is 3.14. The molecule has 0 aliphatic heterocycles. The van der Waals surface area contributed by atoms with Crippen molar-refractivity contribution in [2.75, 3.05) is 0 Å². The van der Waals surface area contributed by atoms with Crippen molar-refractivity contribution in [3.8, 4) is 6.07 Å². The highest BCUT2D eigenvalue weighted by molar-refractivity contribution is 9.10. The molecular formula is C8H5BrClN. The van der Waals surface area contributed by atoms with E-state index in [1.165, 1.54) is 0 Å². The zero-order valence-electron chi connectivity index (χ0n) is 5.64. The Labute approximate surface area is 78.7 Å². The molecule has 0 spiro atoms. The average Bonchev–Trinajstić information content (AvgIpc) is 2.04. The van der Waals surface area contributed by atoms with Crippen molar-refractivity contribution in [2.45, 2.75) is 5.88 Å². The Morgan fingerprint density at radius 2 is 2.27 bits per heavy atom. The van der Waals surface area contributed by atoms with Crippen LogP contribution in [0.2, 0.25) is 0 Å². The summed E-state index contributed by atoms with van der Waals surface area (Å²) in [7, 11) is 0. The van der Waals surface area contributed by atoms with Gasteiger partial charge in [-0.1, -0.05) is 12.1 Å². The monoisotopic (exact) mass is 229 g/mol. The lowest BCUT2D eigenvalue weighted by atomic mass is 10.1. The quantitative estimate of drug-likeness (QED) is 0.680. The van der Waals surface area contributed by atoms with E-state index in [2.05, 4.69) is 22.0 Å². The number of nitrogens with zero attached hydrogens (tertiary/aromatic N) is 1. The Bertz CT molecular complexity index is 303. The summed E-state index contributed by atoms with van der Waals surface area (Å²) in [5.74, 6) is 0.377. The molecule has 0 aromatic heterocycles. The van der Waals surface area contributed by atoms with Gasteiger partial charge in [0.05, 0.1) is 5.56 Å². The van der Waals surface area contributed by atoms with Crippen LogP contribution in [0.25, 0.3) is 0 Å². The molecule has 11 heavy (non-hydrogen) atoms. The van der Waals surface area contributed by atoms with Gasteiger partial charge in [0.2, 0.25) is 0 Å². The van der Waals surface area contributed by atoms with E-state index in [0.29, 0.717) is 11.4 Å². The van der Waals surface area contributed by atoms with E-state index in [4.69, 9.17) is 16.9 Å². The molecule has 0 N–H and O–H groups in total. The Balaban J connectivity index is 3.27. The van der Waals surface area contributed by atoms with Crippen molar-refractivity contribution in [3.05, 3.63) is 33.8 Å². The van der Waals surface area contributed by atoms with Crippen LogP contribution in [0.1, 0.15) is 11.1 Å². The van der Waals surface area contributed by atoms with E-state index in [-0.39, 0.29) is 0 Å². The summed E-state index contributed by atoms with van der Waals surface area (Å²) < 4.78 is 0.804. The Morgan fingerprint density at radius 1 is 1.55 bits per heavy atom. The second kappa shape index (κ2) is 3.75. The lowest BCUT2D eigenvalue weighted by Gasteiger charge is -1.99. The van der Waals surface area contributed by atoms with Crippen molar-refractivity contribution in [3.63, 3.8) is 0 Å². The fourth-order valence-electron chi connectivity index (χ4n) is 0.805. The van der Waals surface area contributed by atoms with E-state index >= 15 is 0 Å². The number of alkyl halides is 1. The maximum atomic E-state index is 8.69. The van der Waals surface area contributed by atoms with Crippen molar-refractivity contribution < 1.29 is 0 Å². The number of hydrogen-bond acceptors (Lipinski definition) is 1. The molecule has 0 fully saturated rings. The second-order valence-electron chi connectivity index (χ2n) is 2.02. The van der Waals surface area contributed by atoms with Crippen molar-refractivity contribution >= 4 is 27.5 Å². The lowest BCUT2D eigenvalue weighted by Crippen LogP contribution is -1.85. The van der Waals surface area contributed by atoms with E-state index in [1.54, 1.807) is 0 Å². The van der Waals surface area contributed by atoms with Crippen LogP contribution in [0, 0.1) is 11.3 Å². The SMILES string of the molecule is N#Cc1c(Br)cccc1CCl. The van der Waals surface area contributed by atoms with Gasteiger partial charge in [-0.05, 0) is 27.6 Å². The molecule has 1 nitrogen and oxygen atoms in total. The molecule has 1 rings (SSSR count). The van der Waals surface area contributed by atoms with Crippen LogP contribution in [-0.2, 0) is 5.88 Å². The van der Waals surface area contributed by atoms with Crippen molar-refractivity contribution in [1.29, 1.82) is 5.26 Å². The normalized spacial score (nSPS) is 9.18. The van der Waals surface area contributed by atoms with Gasteiger partial charge < -0.3 is 0 Å². The summed E-state index contributed by atoms with van der Waals surface area (Å²) in [5, 5.41) is 8.69. The van der Waals surface area contributed by atoms with Crippen LogP contribution in [0.5, 0.6) is 0 Å². The highest BCUT2D eigenvalue weighted by atomic mass is 79.9. The molecule has 0 atom stereocenters. The van der Waals surface area contributed by atoms with E-state index < -0.39 is 0 Å². The standard InChI is InChI=1S/C8H5BrClN/c9-8-3-1-2-6(4-10)7(8)5-11/h1-3H,4H2. The molecule has 0 unspecified atom stereocenters. The third-order valence-corrected chi connectivity index (χ3v) is 2.30. The summed E-state index contributed by atoms with van der Waals surface area (Å²) in [4.78, 5) is 0. The van der Waals surface area contributed by atoms with Crippen LogP contribution < -0.4 is 0 Å². The van der Waals surface area contributed by atoms with Crippen LogP contribution in [-0.4, -0.2) is 0 Å². The van der Waals surface area contributed by atoms with Gasteiger partial charge in [-0.15, -0.1) is 11.6 Å². The number of nitriles is 1. The molecule has 0 radical (unpaired) electrons. The first-order valence-electron chi connectivity index (χ1n) is 3.03. The molecule has 3 heteroatoms. The van der Waals surface area contributed by atoms with Gasteiger partial charge in [-0.25, -0.2) is 0 Å². The lowest BCUT2D eigenvalue weighted by molar-refractivity contribution is 1.33. The molecule has 56 valence electrons. The zero-order chi connectivity index (χ0) is 8.27. The van der Waals surface area contributed by atoms with Gasteiger partial charge in [-0.3, -0.25) is 0 Å². The van der Waals surface area contributed by atoms with Crippen LogP contribution in [0.15, 0.2) is 22.7 Å². The molecule has 0 aliphatic rings. The first kappa shape index (κ1) is 8.58. The van der Waals surface area contributed by atoms with Gasteiger partial charge in [0.1, 0.15) is 6.07 Å². The molecule has 0 saturated heterocycles. The minimum atomic E-state index is 0.377. The Morgan fingerprint density at radius 3 is 2.73 bits per heavy atom. The van der Waals surface area contributed by atoms with Gasteiger partial charge in [0.15, 0.2) is 0 Å². The van der Waals surface area contributed by atoms with Crippen molar-refractivity contribution in [1.82, 2.24) is 0 Å². The topological polar surface area (TPSA) is 23.8 Å². The smallest absolute Gasteiger partial charge is 0.101 e. The molecular weight excluding hydrogens is 225 g/mol. The zero-order valence-corrected chi connectivity index (χ0v) is 7.98. The molecule has 1 aromatic rings. The van der Waals surface area contributed by atoms with Gasteiger partial charge in [0.25, 0.3) is 0 Å². The summed E-state index contributed by atoms with van der Waals surface area (Å²) in [5.41, 5.74) is 1.49. The summed E-state index contributed by atoms with van der Waals surface area (Å²) >= 11 is 8.88. The number of hydrogen-bond donors (Lipinski definition) is 0. The van der Waals surface area contributed by atoms with Crippen molar-refractivity contribution in [2.24, 2.45) is 0 Å². The van der Waals surface area contributed by atoms with Crippen LogP contribution in [0.3, 0.4) is 0 Å². The summed E-state index contributed by atoms with van der Waals surface area (Å²) in [6.07, 6.45) is 0. The van der Waals surface area contributed by atoms with Gasteiger partial charge in [0, 0.05) is 10.4 Å². The van der Waals surface area contributed by atoms with Crippen LogP contribution in [0.4, 0.5) is 0 Å². The Kier molecular flexibility index (Phi) is 2.92. The molecule has 0 heterocycles. The molecule has 0 aliphatic carbocycles. The maximum Gasteiger partial charge on any atom is 0.101 e. The number of benzene rings is 1. The van der Waals surface area contributed by atoms with Gasteiger partial charge in [-0.2, -0.15) is 5.26 Å². The predicted molar refractivity (Wildman–Crippen MR) is 48.4 cm³/mol. The predicted octanol–water partition coefficient (Wildman–Crippen LogP) is 3.06. The molecule has 0 bridgehead atoms.